The summed E-state index contributed by atoms with van der Waals surface area (Å²) in [5.41, 5.74) is 1.44. The van der Waals surface area contributed by atoms with E-state index in [0.717, 1.165) is 11.5 Å². The van der Waals surface area contributed by atoms with Crippen LogP contribution in [0, 0.1) is 6.92 Å². The van der Waals surface area contributed by atoms with Gasteiger partial charge in [-0.2, -0.15) is 0 Å². The summed E-state index contributed by atoms with van der Waals surface area (Å²) in [6.45, 7) is 4.97. The van der Waals surface area contributed by atoms with E-state index in [2.05, 4.69) is 25.8 Å². The Bertz CT molecular complexity index is 1030. The highest BCUT2D eigenvalue weighted by atomic mass is 32.2. The molecule has 31 heavy (non-hydrogen) atoms. The summed E-state index contributed by atoms with van der Waals surface area (Å²) in [6.07, 6.45) is 0.536. The third-order valence-corrected chi connectivity index (χ3v) is 6.14. The van der Waals surface area contributed by atoms with Crippen LogP contribution in [0.4, 0.5) is 5.13 Å². The van der Waals surface area contributed by atoms with Crippen LogP contribution in [-0.2, 0) is 17.8 Å². The molecule has 3 rings (SSSR count). The van der Waals surface area contributed by atoms with Gasteiger partial charge in [0, 0.05) is 30.5 Å². The number of methoxy groups -OCH3 is 1. The van der Waals surface area contributed by atoms with E-state index >= 15 is 0 Å². The Labute approximate surface area is 188 Å². The van der Waals surface area contributed by atoms with Gasteiger partial charge in [0.05, 0.1) is 18.6 Å². The van der Waals surface area contributed by atoms with Crippen molar-refractivity contribution in [1.82, 2.24) is 25.1 Å². The van der Waals surface area contributed by atoms with Gasteiger partial charge in [-0.05, 0) is 38.1 Å². The average molecular weight is 461 g/mol. The predicted octanol–water partition coefficient (Wildman–Crippen LogP) is 2.77. The molecule has 0 spiro atoms. The average Bonchev–Trinajstić information content (AvgIpc) is 3.37. The molecule has 0 unspecified atom stereocenters. The minimum atomic E-state index is -0.158. The molecule has 0 aliphatic carbocycles. The molecule has 0 fully saturated rings. The van der Waals surface area contributed by atoms with E-state index in [1.165, 1.54) is 23.1 Å². The smallest absolute Gasteiger partial charge is 0.251 e. The fourth-order valence-electron chi connectivity index (χ4n) is 2.76. The Kier molecular flexibility index (Phi) is 8.01. The van der Waals surface area contributed by atoms with E-state index in [1.807, 2.05) is 23.8 Å². The van der Waals surface area contributed by atoms with E-state index in [9.17, 15) is 9.59 Å². The van der Waals surface area contributed by atoms with Crippen LogP contribution < -0.4 is 15.4 Å². The lowest BCUT2D eigenvalue weighted by molar-refractivity contribution is -0.113. The molecular weight excluding hydrogens is 436 g/mol. The number of nitrogens with zero attached hydrogens (tertiary/aromatic N) is 4. The lowest BCUT2D eigenvalue weighted by Gasteiger charge is -2.08. The molecule has 0 saturated carbocycles. The van der Waals surface area contributed by atoms with Gasteiger partial charge in [-0.25, -0.2) is 4.98 Å². The van der Waals surface area contributed by atoms with Gasteiger partial charge < -0.3 is 19.9 Å². The summed E-state index contributed by atoms with van der Waals surface area (Å²) < 4.78 is 7.05. The minimum absolute atomic E-state index is 0.140. The van der Waals surface area contributed by atoms with Gasteiger partial charge in [0.1, 0.15) is 11.6 Å². The maximum Gasteiger partial charge on any atom is 0.251 e. The third-order valence-electron chi connectivity index (χ3n) is 4.29. The van der Waals surface area contributed by atoms with Crippen LogP contribution in [-0.4, -0.2) is 51.0 Å². The minimum Gasteiger partial charge on any atom is -0.497 e. The van der Waals surface area contributed by atoms with Crippen LogP contribution in [0.1, 0.15) is 28.8 Å². The highest BCUT2D eigenvalue weighted by Crippen LogP contribution is 2.19. The fourth-order valence-corrected chi connectivity index (χ4v) is 4.28. The van der Waals surface area contributed by atoms with Crippen molar-refractivity contribution in [2.24, 2.45) is 0 Å². The van der Waals surface area contributed by atoms with Gasteiger partial charge in [-0.3, -0.25) is 9.59 Å². The van der Waals surface area contributed by atoms with Crippen LogP contribution in [0.15, 0.2) is 34.8 Å². The number of thioether (sulfide) groups is 1. The predicted molar refractivity (Wildman–Crippen MR) is 121 cm³/mol. The number of nitrogens with one attached hydrogen (secondary N) is 2. The van der Waals surface area contributed by atoms with E-state index < -0.39 is 0 Å². The fraction of sp³-hybridized carbons (Fsp3) is 0.350. The summed E-state index contributed by atoms with van der Waals surface area (Å²) >= 11 is 2.72. The first-order valence-corrected chi connectivity index (χ1v) is 11.6. The van der Waals surface area contributed by atoms with Gasteiger partial charge in [-0.15, -0.1) is 21.5 Å². The molecule has 0 saturated heterocycles. The van der Waals surface area contributed by atoms with Crippen molar-refractivity contribution in [3.63, 3.8) is 0 Å². The van der Waals surface area contributed by atoms with E-state index in [0.29, 0.717) is 41.1 Å². The first-order valence-electron chi connectivity index (χ1n) is 9.69. The van der Waals surface area contributed by atoms with Gasteiger partial charge in [0.25, 0.3) is 5.91 Å². The number of thiazole rings is 1. The van der Waals surface area contributed by atoms with Gasteiger partial charge in [-0.1, -0.05) is 11.8 Å². The number of benzene rings is 1. The zero-order valence-electron chi connectivity index (χ0n) is 17.5. The number of ether oxygens (including phenoxy) is 1. The van der Waals surface area contributed by atoms with Crippen LogP contribution in [0.3, 0.4) is 0 Å². The summed E-state index contributed by atoms with van der Waals surface area (Å²) in [5, 5.41) is 17.2. The summed E-state index contributed by atoms with van der Waals surface area (Å²) in [5.74, 6) is 1.38. The number of anilines is 1. The number of amides is 2. The maximum atomic E-state index is 12.3. The van der Waals surface area contributed by atoms with Crippen molar-refractivity contribution in [2.45, 2.75) is 32.0 Å². The molecule has 2 N–H and O–H groups in total. The Hall–Kier alpha value is -2.92. The number of aryl methyl sites for hydroxylation is 1. The first kappa shape index (κ1) is 22.8. The van der Waals surface area contributed by atoms with Crippen molar-refractivity contribution < 1.29 is 14.3 Å². The molecule has 2 aromatic heterocycles. The summed E-state index contributed by atoms with van der Waals surface area (Å²) in [4.78, 5) is 28.6. The highest BCUT2D eigenvalue weighted by molar-refractivity contribution is 7.99. The van der Waals surface area contributed by atoms with Crippen molar-refractivity contribution in [3.05, 3.63) is 46.7 Å². The van der Waals surface area contributed by atoms with Crippen molar-refractivity contribution >= 4 is 40.0 Å². The van der Waals surface area contributed by atoms with Gasteiger partial charge in [0.2, 0.25) is 5.91 Å². The Morgan fingerprint density at radius 3 is 2.65 bits per heavy atom. The SMILES string of the molecule is CCn1c(CCNC(=O)c2ccc(OC)cc2)nnc1SCC(=O)Nc1nc(C)cs1. The summed E-state index contributed by atoms with van der Waals surface area (Å²) in [6, 6.07) is 6.93. The molecule has 3 aromatic rings. The van der Waals surface area contributed by atoms with Crippen molar-refractivity contribution in [1.29, 1.82) is 0 Å². The monoisotopic (exact) mass is 460 g/mol. The number of hydrogen-bond acceptors (Lipinski definition) is 8. The molecule has 164 valence electrons. The molecule has 0 atom stereocenters. The Morgan fingerprint density at radius 1 is 1.23 bits per heavy atom. The molecule has 9 nitrogen and oxygen atoms in total. The van der Waals surface area contributed by atoms with E-state index in [4.69, 9.17) is 4.74 Å². The molecule has 0 aliphatic rings. The number of hydrogen-bond donors (Lipinski definition) is 2. The molecule has 11 heteroatoms. The van der Waals surface area contributed by atoms with E-state index in [-0.39, 0.29) is 17.6 Å². The van der Waals surface area contributed by atoms with Crippen molar-refractivity contribution in [3.8, 4) is 5.75 Å². The number of carbonyl (C=O) groups is 2. The largest absolute Gasteiger partial charge is 0.497 e. The van der Waals surface area contributed by atoms with Gasteiger partial charge >= 0.3 is 0 Å². The van der Waals surface area contributed by atoms with Crippen LogP contribution in [0.25, 0.3) is 0 Å². The lowest BCUT2D eigenvalue weighted by atomic mass is 10.2. The zero-order valence-corrected chi connectivity index (χ0v) is 19.2. The molecule has 2 amide bonds. The molecule has 2 heterocycles. The number of aromatic nitrogens is 4. The van der Waals surface area contributed by atoms with E-state index in [1.54, 1.807) is 31.4 Å². The molecular formula is C20H24N6O3S2. The molecule has 0 aliphatic heterocycles. The highest BCUT2D eigenvalue weighted by Gasteiger charge is 2.14. The maximum absolute atomic E-state index is 12.3. The second-order valence-corrected chi connectivity index (χ2v) is 8.31. The standard InChI is InChI=1S/C20H24N6O3S2/c1-4-26-16(9-10-21-18(28)14-5-7-15(29-3)8-6-14)24-25-20(26)31-12-17(27)23-19-22-13(2)11-30-19/h5-8,11H,4,9-10,12H2,1-3H3,(H,21,28)(H,22,23,27). The third kappa shape index (κ3) is 6.28. The lowest BCUT2D eigenvalue weighted by Crippen LogP contribution is -2.26. The quantitative estimate of drug-likeness (QED) is 0.448. The Morgan fingerprint density at radius 2 is 2.00 bits per heavy atom. The Balaban J connectivity index is 1.49. The number of carbonyl (C=O) groups excluding carboxylic acids is 2. The zero-order chi connectivity index (χ0) is 22.2. The first-order chi connectivity index (χ1) is 15.0. The second-order valence-electron chi connectivity index (χ2n) is 6.51. The second kappa shape index (κ2) is 10.9. The topological polar surface area (TPSA) is 111 Å². The molecule has 0 radical (unpaired) electrons. The van der Waals surface area contributed by atoms with Gasteiger partial charge in [0.15, 0.2) is 10.3 Å². The molecule has 1 aromatic carbocycles. The van der Waals surface area contributed by atoms with Crippen LogP contribution >= 0.6 is 23.1 Å². The molecule has 0 bridgehead atoms. The normalized spacial score (nSPS) is 10.7. The van der Waals surface area contributed by atoms with Crippen LogP contribution in [0.5, 0.6) is 5.75 Å². The summed E-state index contributed by atoms with van der Waals surface area (Å²) in [7, 11) is 1.58. The van der Waals surface area contributed by atoms with Crippen molar-refractivity contribution in [2.75, 3.05) is 24.7 Å². The number of rotatable bonds is 10. The van der Waals surface area contributed by atoms with Crippen LogP contribution in [0.2, 0.25) is 0 Å².